The molecule has 0 aliphatic rings. The van der Waals surface area contributed by atoms with E-state index in [1.807, 2.05) is 0 Å². The van der Waals surface area contributed by atoms with Crippen LogP contribution in [-0.4, -0.2) is 0 Å². The van der Waals surface area contributed by atoms with Crippen molar-refractivity contribution in [2.45, 2.75) is 66.7 Å². The molecular formula is C14H28. The van der Waals surface area contributed by atoms with Gasteiger partial charge in [0.15, 0.2) is 0 Å². The maximum Gasteiger partial charge on any atom is -0.0260 e. The first-order valence-electron chi connectivity index (χ1n) is 6.23. The second-order valence-electron chi connectivity index (χ2n) is 5.01. The molecule has 84 valence electrons. The molecular weight excluding hydrogens is 168 g/mol. The van der Waals surface area contributed by atoms with Gasteiger partial charge in [0.25, 0.3) is 0 Å². The fraction of sp³-hybridized carbons (Fsp3) is 0.857. The van der Waals surface area contributed by atoms with Crippen molar-refractivity contribution in [3.63, 3.8) is 0 Å². The molecule has 0 spiro atoms. The van der Waals surface area contributed by atoms with E-state index in [1.165, 1.54) is 32.1 Å². The van der Waals surface area contributed by atoms with E-state index in [2.05, 4.69) is 40.7 Å². The Morgan fingerprint density at radius 3 is 2.07 bits per heavy atom. The summed E-state index contributed by atoms with van der Waals surface area (Å²) in [4.78, 5) is 0. The lowest BCUT2D eigenvalue weighted by Crippen LogP contribution is -1.94. The highest BCUT2D eigenvalue weighted by molar-refractivity contribution is 5.02. The minimum Gasteiger partial charge on any atom is -0.0882 e. The standard InChI is InChI=1S/C14H28/c1-6-14(13(4)5)11-9-7-8-10-12(2)3/h6,12-13H,7-11H2,1-5H3/b14-6+. The van der Waals surface area contributed by atoms with Gasteiger partial charge >= 0.3 is 0 Å². The van der Waals surface area contributed by atoms with Crippen molar-refractivity contribution in [3.8, 4) is 0 Å². The summed E-state index contributed by atoms with van der Waals surface area (Å²) in [5.41, 5.74) is 1.63. The predicted octanol–water partition coefficient (Wildman–Crippen LogP) is 5.20. The van der Waals surface area contributed by atoms with E-state index in [-0.39, 0.29) is 0 Å². The Morgan fingerprint density at radius 1 is 1.00 bits per heavy atom. The highest BCUT2D eigenvalue weighted by atomic mass is 14.1. The lowest BCUT2D eigenvalue weighted by Gasteiger charge is -2.10. The molecule has 0 unspecified atom stereocenters. The van der Waals surface area contributed by atoms with Gasteiger partial charge in [-0.05, 0) is 31.6 Å². The van der Waals surface area contributed by atoms with Crippen LogP contribution < -0.4 is 0 Å². The largest absolute Gasteiger partial charge is 0.0882 e. The maximum absolute atomic E-state index is 2.31. The van der Waals surface area contributed by atoms with Crippen molar-refractivity contribution in [3.05, 3.63) is 11.6 Å². The monoisotopic (exact) mass is 196 g/mol. The van der Waals surface area contributed by atoms with E-state index in [0.717, 1.165) is 11.8 Å². The van der Waals surface area contributed by atoms with E-state index in [9.17, 15) is 0 Å². The highest BCUT2D eigenvalue weighted by Gasteiger charge is 2.01. The molecule has 0 radical (unpaired) electrons. The van der Waals surface area contributed by atoms with Crippen LogP contribution in [0.15, 0.2) is 11.6 Å². The first-order chi connectivity index (χ1) is 6.57. The van der Waals surface area contributed by atoms with Crippen LogP contribution in [0, 0.1) is 11.8 Å². The summed E-state index contributed by atoms with van der Waals surface area (Å²) in [6.07, 6.45) is 9.20. The summed E-state index contributed by atoms with van der Waals surface area (Å²) in [5.74, 6) is 1.62. The lowest BCUT2D eigenvalue weighted by atomic mass is 9.96. The van der Waals surface area contributed by atoms with E-state index in [4.69, 9.17) is 0 Å². The van der Waals surface area contributed by atoms with Gasteiger partial charge in [0.2, 0.25) is 0 Å². The molecule has 0 aromatic carbocycles. The summed E-state index contributed by atoms with van der Waals surface area (Å²) >= 11 is 0. The number of rotatable bonds is 7. The highest BCUT2D eigenvalue weighted by Crippen LogP contribution is 2.18. The molecule has 0 heterocycles. The van der Waals surface area contributed by atoms with Gasteiger partial charge in [-0.2, -0.15) is 0 Å². The van der Waals surface area contributed by atoms with Crippen molar-refractivity contribution in [1.82, 2.24) is 0 Å². The fourth-order valence-electron chi connectivity index (χ4n) is 1.82. The average Bonchev–Trinajstić information content (AvgIpc) is 2.10. The van der Waals surface area contributed by atoms with E-state index < -0.39 is 0 Å². The minimum absolute atomic E-state index is 0.741. The Labute approximate surface area is 90.8 Å². The van der Waals surface area contributed by atoms with Crippen molar-refractivity contribution < 1.29 is 0 Å². The number of unbranched alkanes of at least 4 members (excludes halogenated alkanes) is 2. The van der Waals surface area contributed by atoms with Crippen molar-refractivity contribution in [2.75, 3.05) is 0 Å². The van der Waals surface area contributed by atoms with Gasteiger partial charge in [-0.15, -0.1) is 0 Å². The maximum atomic E-state index is 2.31. The third kappa shape index (κ3) is 7.17. The lowest BCUT2D eigenvalue weighted by molar-refractivity contribution is 0.522. The van der Waals surface area contributed by atoms with Gasteiger partial charge in [0, 0.05) is 0 Å². The second kappa shape index (κ2) is 8.08. The third-order valence-electron chi connectivity index (χ3n) is 2.86. The van der Waals surface area contributed by atoms with Crippen LogP contribution >= 0.6 is 0 Å². The van der Waals surface area contributed by atoms with Gasteiger partial charge in [-0.1, -0.05) is 58.6 Å². The minimum atomic E-state index is 0.741. The van der Waals surface area contributed by atoms with Crippen LogP contribution in [0.4, 0.5) is 0 Å². The Morgan fingerprint density at radius 2 is 1.64 bits per heavy atom. The summed E-state index contributed by atoms with van der Waals surface area (Å²) in [5, 5.41) is 0. The topological polar surface area (TPSA) is 0 Å². The number of hydrogen-bond donors (Lipinski definition) is 0. The normalized spacial score (nSPS) is 12.9. The smallest absolute Gasteiger partial charge is 0.0260 e. The van der Waals surface area contributed by atoms with Gasteiger partial charge in [0.1, 0.15) is 0 Å². The zero-order valence-corrected chi connectivity index (χ0v) is 10.8. The van der Waals surface area contributed by atoms with Crippen LogP contribution in [0.5, 0.6) is 0 Å². The summed E-state index contributed by atoms with van der Waals surface area (Å²) in [6, 6.07) is 0. The number of allylic oxidation sites excluding steroid dienone is 2. The zero-order valence-electron chi connectivity index (χ0n) is 10.8. The molecule has 0 aromatic rings. The summed E-state index contributed by atoms with van der Waals surface area (Å²) in [6.45, 7) is 11.4. The molecule has 0 amide bonds. The average molecular weight is 196 g/mol. The zero-order chi connectivity index (χ0) is 11.0. The molecule has 0 heteroatoms. The van der Waals surface area contributed by atoms with Crippen molar-refractivity contribution in [1.29, 1.82) is 0 Å². The first kappa shape index (κ1) is 13.7. The molecule has 0 saturated carbocycles. The Balaban J connectivity index is 3.44. The molecule has 0 N–H and O–H groups in total. The van der Waals surface area contributed by atoms with Gasteiger partial charge < -0.3 is 0 Å². The van der Waals surface area contributed by atoms with Crippen LogP contribution in [0.2, 0.25) is 0 Å². The van der Waals surface area contributed by atoms with E-state index in [0.29, 0.717) is 0 Å². The summed E-state index contributed by atoms with van der Waals surface area (Å²) < 4.78 is 0. The van der Waals surface area contributed by atoms with Gasteiger partial charge in [-0.25, -0.2) is 0 Å². The third-order valence-corrected chi connectivity index (χ3v) is 2.86. The Bertz CT molecular complexity index is 151. The van der Waals surface area contributed by atoms with Crippen LogP contribution in [0.1, 0.15) is 66.7 Å². The van der Waals surface area contributed by atoms with E-state index >= 15 is 0 Å². The van der Waals surface area contributed by atoms with E-state index in [1.54, 1.807) is 5.57 Å². The molecule has 0 nitrogen and oxygen atoms in total. The van der Waals surface area contributed by atoms with Crippen LogP contribution in [-0.2, 0) is 0 Å². The SMILES string of the molecule is C/C=C(\CCCCCC(C)C)C(C)C. The van der Waals surface area contributed by atoms with Gasteiger partial charge in [-0.3, -0.25) is 0 Å². The quantitative estimate of drug-likeness (QED) is 0.388. The molecule has 14 heavy (non-hydrogen) atoms. The van der Waals surface area contributed by atoms with Crippen molar-refractivity contribution >= 4 is 0 Å². The molecule has 0 bridgehead atoms. The number of hydrogen-bond acceptors (Lipinski definition) is 0. The van der Waals surface area contributed by atoms with Crippen LogP contribution in [0.3, 0.4) is 0 Å². The second-order valence-corrected chi connectivity index (χ2v) is 5.01. The molecule has 0 atom stereocenters. The van der Waals surface area contributed by atoms with Gasteiger partial charge in [0.05, 0.1) is 0 Å². The Hall–Kier alpha value is -0.260. The predicted molar refractivity (Wildman–Crippen MR) is 66.5 cm³/mol. The molecule has 0 aliphatic carbocycles. The fourth-order valence-corrected chi connectivity index (χ4v) is 1.82. The molecule has 0 saturated heterocycles. The van der Waals surface area contributed by atoms with Crippen molar-refractivity contribution in [2.24, 2.45) is 11.8 Å². The van der Waals surface area contributed by atoms with Crippen LogP contribution in [0.25, 0.3) is 0 Å². The first-order valence-corrected chi connectivity index (χ1v) is 6.23. The molecule has 0 rings (SSSR count). The Kier molecular flexibility index (Phi) is 7.93. The molecule has 0 fully saturated rings. The molecule has 0 aromatic heterocycles. The molecule has 0 aliphatic heterocycles. The summed E-state index contributed by atoms with van der Waals surface area (Å²) in [7, 11) is 0.